The zero-order valence-corrected chi connectivity index (χ0v) is 19.9. The Morgan fingerprint density at radius 1 is 1.31 bits per heavy atom. The molecule has 1 aliphatic rings. The van der Waals surface area contributed by atoms with Gasteiger partial charge in [0, 0.05) is 52.3 Å². The molecule has 1 fully saturated rings. The number of benzene rings is 1. The lowest BCUT2D eigenvalue weighted by molar-refractivity contribution is 0.0625. The largest absolute Gasteiger partial charge is 0.381 e. The second-order valence-electron chi connectivity index (χ2n) is 7.49. The molecule has 0 saturated carbocycles. The van der Waals surface area contributed by atoms with Gasteiger partial charge in [0.15, 0.2) is 5.96 Å². The SMILES string of the molecule is CCNC(=NCc1cccc(Cn2ccnc2)c1)N(C)CCC1CCOCC1.I. The predicted octanol–water partition coefficient (Wildman–Crippen LogP) is 3.76. The number of ether oxygens (including phenoxy) is 1. The van der Waals surface area contributed by atoms with Crippen molar-refractivity contribution < 1.29 is 4.74 Å². The Morgan fingerprint density at radius 2 is 2.10 bits per heavy atom. The zero-order valence-electron chi connectivity index (χ0n) is 17.6. The molecule has 0 atom stereocenters. The van der Waals surface area contributed by atoms with Crippen molar-refractivity contribution in [1.29, 1.82) is 0 Å². The van der Waals surface area contributed by atoms with Crippen molar-refractivity contribution in [1.82, 2.24) is 19.8 Å². The van der Waals surface area contributed by atoms with Crippen LogP contribution in [0.1, 0.15) is 37.3 Å². The van der Waals surface area contributed by atoms with Crippen LogP contribution < -0.4 is 5.32 Å². The van der Waals surface area contributed by atoms with E-state index in [9.17, 15) is 0 Å². The van der Waals surface area contributed by atoms with Crippen LogP contribution in [0.5, 0.6) is 0 Å². The molecular formula is C22H34IN5O. The Morgan fingerprint density at radius 3 is 2.83 bits per heavy atom. The Hall–Kier alpha value is -1.61. The maximum atomic E-state index is 5.47. The monoisotopic (exact) mass is 511 g/mol. The van der Waals surface area contributed by atoms with Gasteiger partial charge < -0.3 is 19.5 Å². The lowest BCUT2D eigenvalue weighted by Crippen LogP contribution is -2.40. The van der Waals surface area contributed by atoms with E-state index in [-0.39, 0.29) is 24.0 Å². The molecule has 6 nitrogen and oxygen atoms in total. The third kappa shape index (κ3) is 7.97. The molecule has 2 heterocycles. The quantitative estimate of drug-likeness (QED) is 0.333. The number of nitrogens with zero attached hydrogens (tertiary/aromatic N) is 4. The number of halogens is 1. The van der Waals surface area contributed by atoms with Crippen molar-refractivity contribution in [3.05, 3.63) is 54.1 Å². The van der Waals surface area contributed by atoms with Crippen molar-refractivity contribution in [3.8, 4) is 0 Å². The summed E-state index contributed by atoms with van der Waals surface area (Å²) in [6.45, 7) is 7.37. The summed E-state index contributed by atoms with van der Waals surface area (Å²) in [4.78, 5) is 11.2. The van der Waals surface area contributed by atoms with Crippen LogP contribution in [0, 0.1) is 5.92 Å². The average molecular weight is 511 g/mol. The minimum absolute atomic E-state index is 0. The molecule has 2 aromatic rings. The molecule has 0 unspecified atom stereocenters. The van der Waals surface area contributed by atoms with Gasteiger partial charge in [-0.2, -0.15) is 0 Å². The maximum absolute atomic E-state index is 5.47. The first kappa shape index (κ1) is 23.7. The van der Waals surface area contributed by atoms with Crippen LogP contribution in [-0.2, 0) is 17.8 Å². The number of hydrogen-bond acceptors (Lipinski definition) is 3. The number of rotatable bonds is 8. The molecule has 160 valence electrons. The first-order valence-corrected chi connectivity index (χ1v) is 10.4. The zero-order chi connectivity index (χ0) is 19.6. The van der Waals surface area contributed by atoms with E-state index in [2.05, 4.69) is 58.0 Å². The summed E-state index contributed by atoms with van der Waals surface area (Å²) >= 11 is 0. The molecule has 0 radical (unpaired) electrons. The fraction of sp³-hybridized carbons (Fsp3) is 0.545. The maximum Gasteiger partial charge on any atom is 0.193 e. The molecule has 0 bridgehead atoms. The van der Waals surface area contributed by atoms with Crippen LogP contribution >= 0.6 is 24.0 Å². The van der Waals surface area contributed by atoms with Gasteiger partial charge in [0.25, 0.3) is 0 Å². The number of hydrogen-bond donors (Lipinski definition) is 1. The highest BCUT2D eigenvalue weighted by atomic mass is 127. The summed E-state index contributed by atoms with van der Waals surface area (Å²) in [6.07, 6.45) is 9.22. The summed E-state index contributed by atoms with van der Waals surface area (Å²) < 4.78 is 7.55. The lowest BCUT2D eigenvalue weighted by atomic mass is 9.96. The van der Waals surface area contributed by atoms with E-state index in [1.165, 1.54) is 30.4 Å². The van der Waals surface area contributed by atoms with Crippen molar-refractivity contribution >= 4 is 29.9 Å². The number of guanidine groups is 1. The molecule has 0 amide bonds. The van der Waals surface area contributed by atoms with Crippen molar-refractivity contribution in [2.75, 3.05) is 33.4 Å². The third-order valence-electron chi connectivity index (χ3n) is 5.24. The molecular weight excluding hydrogens is 477 g/mol. The number of aromatic nitrogens is 2. The van der Waals surface area contributed by atoms with E-state index < -0.39 is 0 Å². The van der Waals surface area contributed by atoms with Gasteiger partial charge in [0.2, 0.25) is 0 Å². The summed E-state index contributed by atoms with van der Waals surface area (Å²) in [5.74, 6) is 1.76. The molecule has 1 saturated heterocycles. The Bertz CT molecular complexity index is 729. The van der Waals surface area contributed by atoms with Gasteiger partial charge in [-0.15, -0.1) is 24.0 Å². The van der Waals surface area contributed by atoms with Crippen LogP contribution in [0.25, 0.3) is 0 Å². The van der Waals surface area contributed by atoms with Gasteiger partial charge in [-0.3, -0.25) is 0 Å². The van der Waals surface area contributed by atoms with E-state index in [1.54, 1.807) is 0 Å². The lowest BCUT2D eigenvalue weighted by Gasteiger charge is -2.26. The molecule has 29 heavy (non-hydrogen) atoms. The van der Waals surface area contributed by atoms with Crippen LogP contribution in [0.3, 0.4) is 0 Å². The third-order valence-corrected chi connectivity index (χ3v) is 5.24. The first-order valence-electron chi connectivity index (χ1n) is 10.4. The van der Waals surface area contributed by atoms with Gasteiger partial charge in [0.05, 0.1) is 12.9 Å². The van der Waals surface area contributed by atoms with Crippen LogP contribution in [0.15, 0.2) is 48.0 Å². The van der Waals surface area contributed by atoms with E-state index in [0.29, 0.717) is 6.54 Å². The number of nitrogens with one attached hydrogen (secondary N) is 1. The normalized spacial score (nSPS) is 15.0. The standard InChI is InChI=1S/C22H33N5O.HI/c1-3-24-22(26(2)11-7-19-8-13-28-14-9-19)25-16-20-5-4-6-21(15-20)17-27-12-10-23-18-27;/h4-6,10,12,15,18-19H,3,7-9,11,13-14,16-17H2,1-2H3,(H,24,25);1H. The number of imidazole rings is 1. The fourth-order valence-electron chi connectivity index (χ4n) is 3.57. The Kier molecular flexibility index (Phi) is 10.5. The minimum atomic E-state index is 0. The summed E-state index contributed by atoms with van der Waals surface area (Å²) in [5, 5.41) is 3.43. The molecule has 3 rings (SSSR count). The highest BCUT2D eigenvalue weighted by Crippen LogP contribution is 2.18. The van der Waals surface area contributed by atoms with Gasteiger partial charge in [-0.25, -0.2) is 9.98 Å². The highest BCUT2D eigenvalue weighted by molar-refractivity contribution is 14.0. The summed E-state index contributed by atoms with van der Waals surface area (Å²) in [5.41, 5.74) is 2.49. The van der Waals surface area contributed by atoms with E-state index >= 15 is 0 Å². The van der Waals surface area contributed by atoms with Gasteiger partial charge >= 0.3 is 0 Å². The summed E-state index contributed by atoms with van der Waals surface area (Å²) in [7, 11) is 2.14. The van der Waals surface area contributed by atoms with Crippen LogP contribution in [0.2, 0.25) is 0 Å². The number of aliphatic imine (C=N–C) groups is 1. The average Bonchev–Trinajstić information content (AvgIpc) is 3.23. The fourth-order valence-corrected chi connectivity index (χ4v) is 3.57. The smallest absolute Gasteiger partial charge is 0.193 e. The molecule has 7 heteroatoms. The van der Waals surface area contributed by atoms with E-state index in [0.717, 1.165) is 44.7 Å². The van der Waals surface area contributed by atoms with Gasteiger partial charge in [-0.1, -0.05) is 24.3 Å². The van der Waals surface area contributed by atoms with Crippen LogP contribution in [-0.4, -0.2) is 53.8 Å². The Balaban J connectivity index is 0.00000300. The topological polar surface area (TPSA) is 54.7 Å². The van der Waals surface area contributed by atoms with E-state index in [1.807, 2.05) is 18.7 Å². The molecule has 1 aliphatic heterocycles. The second-order valence-corrected chi connectivity index (χ2v) is 7.49. The molecule has 1 aromatic heterocycles. The second kappa shape index (κ2) is 12.8. The molecule has 0 aliphatic carbocycles. The Labute approximate surface area is 191 Å². The molecule has 0 spiro atoms. The van der Waals surface area contributed by atoms with Crippen molar-refractivity contribution in [2.45, 2.75) is 39.3 Å². The predicted molar refractivity (Wildman–Crippen MR) is 129 cm³/mol. The minimum Gasteiger partial charge on any atom is -0.381 e. The van der Waals surface area contributed by atoms with Gasteiger partial charge in [0.1, 0.15) is 0 Å². The van der Waals surface area contributed by atoms with Gasteiger partial charge in [-0.05, 0) is 43.2 Å². The van der Waals surface area contributed by atoms with Crippen molar-refractivity contribution in [2.24, 2.45) is 10.9 Å². The summed E-state index contributed by atoms with van der Waals surface area (Å²) in [6, 6.07) is 8.64. The van der Waals surface area contributed by atoms with Crippen LogP contribution in [0.4, 0.5) is 0 Å². The van der Waals surface area contributed by atoms with E-state index in [4.69, 9.17) is 9.73 Å². The van der Waals surface area contributed by atoms with Crippen molar-refractivity contribution in [3.63, 3.8) is 0 Å². The molecule has 1 aromatic carbocycles. The highest BCUT2D eigenvalue weighted by Gasteiger charge is 2.15. The molecule has 1 N–H and O–H groups in total. The first-order chi connectivity index (χ1) is 13.7.